The van der Waals surface area contributed by atoms with Crippen LogP contribution in [-0.2, 0) is 0 Å². The fourth-order valence-corrected chi connectivity index (χ4v) is 7.21. The maximum atomic E-state index is 6.77. The molecule has 1 aromatic heterocycles. The topological polar surface area (TPSA) is 51.5 Å². The van der Waals surface area contributed by atoms with Crippen molar-refractivity contribution in [3.8, 4) is 22.3 Å². The number of hydrogen-bond acceptors (Lipinski definition) is 3. The summed E-state index contributed by atoms with van der Waals surface area (Å²) >= 11 is 0. The number of benzene rings is 8. The highest BCUT2D eigenvalue weighted by molar-refractivity contribution is 6.23. The molecule has 0 radical (unpaired) electrons. The molecule has 0 aliphatic rings. The Balaban J connectivity index is 1.15. The first-order valence-corrected chi connectivity index (χ1v) is 17.1. The van der Waals surface area contributed by atoms with Crippen molar-refractivity contribution >= 4 is 54.9 Å². The maximum absolute atomic E-state index is 6.77. The molecule has 0 aliphatic heterocycles. The molecule has 9 rings (SSSR count). The van der Waals surface area contributed by atoms with Crippen molar-refractivity contribution < 1.29 is 4.42 Å². The Kier molecular flexibility index (Phi) is 7.25. The van der Waals surface area contributed by atoms with Gasteiger partial charge < -0.3 is 10.2 Å². The van der Waals surface area contributed by atoms with Crippen LogP contribution in [0.2, 0.25) is 0 Å². The molecule has 50 heavy (non-hydrogen) atoms. The first-order chi connectivity index (χ1) is 24.6. The Morgan fingerprint density at radius 2 is 1.26 bits per heavy atom. The summed E-state index contributed by atoms with van der Waals surface area (Å²) < 4.78 is 6.77. The lowest BCUT2D eigenvalue weighted by Gasteiger charge is -2.15. The Morgan fingerprint density at radius 3 is 2.08 bits per heavy atom. The zero-order chi connectivity index (χ0) is 33.6. The van der Waals surface area contributed by atoms with E-state index in [-0.39, 0.29) is 6.04 Å². The minimum atomic E-state index is -0.116. The second kappa shape index (κ2) is 12.2. The number of hydrogen-bond donors (Lipinski definition) is 1. The van der Waals surface area contributed by atoms with Gasteiger partial charge in [0.2, 0.25) is 0 Å². The highest BCUT2D eigenvalue weighted by Crippen LogP contribution is 2.41. The van der Waals surface area contributed by atoms with Crippen LogP contribution in [0, 0.1) is 0 Å². The van der Waals surface area contributed by atoms with Crippen molar-refractivity contribution in [3.63, 3.8) is 0 Å². The fourth-order valence-electron chi connectivity index (χ4n) is 7.21. The van der Waals surface area contributed by atoms with E-state index >= 15 is 0 Å². The third-order valence-corrected chi connectivity index (χ3v) is 9.84. The van der Waals surface area contributed by atoms with Gasteiger partial charge in [-0.05, 0) is 81.2 Å². The highest BCUT2D eigenvalue weighted by atomic mass is 16.3. The van der Waals surface area contributed by atoms with Crippen LogP contribution in [-0.4, -0.2) is 5.71 Å². The fraction of sp³-hybridized carbons (Fsp3) is 0.0426. The molecule has 0 fully saturated rings. The molecular weight excluding hydrogens is 609 g/mol. The van der Waals surface area contributed by atoms with E-state index in [4.69, 9.17) is 15.1 Å². The van der Waals surface area contributed by atoms with Gasteiger partial charge in [-0.25, -0.2) is 0 Å². The lowest BCUT2D eigenvalue weighted by Crippen LogP contribution is -2.09. The molecule has 3 heteroatoms. The van der Waals surface area contributed by atoms with Gasteiger partial charge in [0.15, 0.2) is 0 Å². The molecule has 9 aromatic rings. The molecule has 0 aliphatic carbocycles. The minimum absolute atomic E-state index is 0.116. The summed E-state index contributed by atoms with van der Waals surface area (Å²) in [7, 11) is 0. The summed E-state index contributed by atoms with van der Waals surface area (Å²) in [4.78, 5) is 5.36. The predicted octanol–water partition coefficient (Wildman–Crippen LogP) is 12.4. The highest BCUT2D eigenvalue weighted by Gasteiger charge is 2.19. The van der Waals surface area contributed by atoms with Gasteiger partial charge in [0.05, 0.1) is 11.8 Å². The number of rotatable bonds is 6. The largest absolute Gasteiger partial charge is 0.455 e. The van der Waals surface area contributed by atoms with E-state index in [0.717, 1.165) is 66.2 Å². The number of para-hydroxylation sites is 1. The summed E-state index contributed by atoms with van der Waals surface area (Å²) in [6, 6.07) is 59.4. The minimum Gasteiger partial charge on any atom is -0.455 e. The number of aliphatic imine (C=N–C) groups is 1. The van der Waals surface area contributed by atoms with Crippen LogP contribution in [0.4, 0.5) is 5.69 Å². The van der Waals surface area contributed by atoms with Crippen LogP contribution in [0.5, 0.6) is 0 Å². The quantitative estimate of drug-likeness (QED) is 0.145. The SMILES string of the molecule is CC(/N=C(/c1ccc2c(c1)oc1c3ccccc3cc(-c3ccccc3)c21)c1ccccc1N)c1ccc(-c2ccc3ccccc3c2)cc1. The van der Waals surface area contributed by atoms with E-state index in [1.165, 1.54) is 21.9 Å². The molecule has 0 bridgehead atoms. The number of furan rings is 1. The average Bonchev–Trinajstić information content (AvgIpc) is 3.56. The van der Waals surface area contributed by atoms with E-state index in [1.54, 1.807) is 0 Å². The van der Waals surface area contributed by atoms with Crippen LogP contribution in [0.1, 0.15) is 29.7 Å². The van der Waals surface area contributed by atoms with E-state index in [0.29, 0.717) is 5.69 Å². The molecule has 1 heterocycles. The predicted molar refractivity (Wildman–Crippen MR) is 211 cm³/mol. The zero-order valence-electron chi connectivity index (χ0n) is 27.7. The van der Waals surface area contributed by atoms with Gasteiger partial charge in [-0.15, -0.1) is 0 Å². The number of fused-ring (bicyclic) bond motifs is 6. The third-order valence-electron chi connectivity index (χ3n) is 9.84. The molecule has 0 saturated heterocycles. The first-order valence-electron chi connectivity index (χ1n) is 17.1. The van der Waals surface area contributed by atoms with Gasteiger partial charge in [0.25, 0.3) is 0 Å². The van der Waals surface area contributed by atoms with Gasteiger partial charge in [0, 0.05) is 33.0 Å². The normalized spacial score (nSPS) is 12.6. The maximum Gasteiger partial charge on any atom is 0.143 e. The third kappa shape index (κ3) is 5.21. The lowest BCUT2D eigenvalue weighted by atomic mass is 9.94. The Bertz CT molecular complexity index is 2720. The van der Waals surface area contributed by atoms with Crippen LogP contribution in [0.3, 0.4) is 0 Å². The number of anilines is 1. The van der Waals surface area contributed by atoms with Crippen molar-refractivity contribution in [2.45, 2.75) is 13.0 Å². The van der Waals surface area contributed by atoms with E-state index in [1.807, 2.05) is 24.3 Å². The van der Waals surface area contributed by atoms with Crippen molar-refractivity contribution in [3.05, 3.63) is 187 Å². The number of nitrogens with two attached hydrogens (primary N) is 1. The van der Waals surface area contributed by atoms with Gasteiger partial charge in [-0.2, -0.15) is 0 Å². The Hall–Kier alpha value is -6.45. The lowest BCUT2D eigenvalue weighted by molar-refractivity contribution is 0.672. The van der Waals surface area contributed by atoms with Gasteiger partial charge >= 0.3 is 0 Å². The van der Waals surface area contributed by atoms with Crippen LogP contribution < -0.4 is 5.73 Å². The van der Waals surface area contributed by atoms with Crippen molar-refractivity contribution in [2.75, 3.05) is 5.73 Å². The monoisotopic (exact) mass is 642 g/mol. The Labute approximate surface area is 291 Å². The summed E-state index contributed by atoms with van der Waals surface area (Å²) in [5, 5.41) is 6.93. The molecule has 2 N–H and O–H groups in total. The molecule has 3 nitrogen and oxygen atoms in total. The molecule has 0 amide bonds. The van der Waals surface area contributed by atoms with Gasteiger partial charge in [-0.3, -0.25) is 4.99 Å². The van der Waals surface area contributed by atoms with Crippen molar-refractivity contribution in [1.82, 2.24) is 0 Å². The Morgan fingerprint density at radius 1 is 0.560 bits per heavy atom. The van der Waals surface area contributed by atoms with Crippen LogP contribution >= 0.6 is 0 Å². The molecule has 1 atom stereocenters. The molecule has 1 unspecified atom stereocenters. The summed E-state index contributed by atoms with van der Waals surface area (Å²) in [5.41, 5.74) is 17.5. The van der Waals surface area contributed by atoms with Crippen molar-refractivity contribution in [1.29, 1.82) is 0 Å². The van der Waals surface area contributed by atoms with Gasteiger partial charge in [0.1, 0.15) is 11.2 Å². The summed E-state index contributed by atoms with van der Waals surface area (Å²) in [6.45, 7) is 2.14. The number of nitrogen functional groups attached to an aromatic ring is 1. The standard InChI is InChI=1S/C47H34N2O/c1-30(31-19-21-33(22-20-31)36-24-23-32-11-5-6-14-35(32)27-36)49-46(40-17-9-10-18-43(40)48)38-25-26-41-44(29-38)50-47-39-16-8-7-15-37(39)28-42(45(41)47)34-12-3-2-4-13-34/h2-30H,48H2,1H3/b49-46-. The molecule has 8 aromatic carbocycles. The number of nitrogens with zero attached hydrogens (tertiary/aromatic N) is 1. The van der Waals surface area contributed by atoms with E-state index < -0.39 is 0 Å². The van der Waals surface area contributed by atoms with Crippen molar-refractivity contribution in [2.24, 2.45) is 4.99 Å². The van der Waals surface area contributed by atoms with Gasteiger partial charge in [-0.1, -0.05) is 140 Å². The average molecular weight is 643 g/mol. The van der Waals surface area contributed by atoms with Crippen LogP contribution in [0.25, 0.3) is 65.7 Å². The van der Waals surface area contributed by atoms with E-state index in [2.05, 4.69) is 153 Å². The summed E-state index contributed by atoms with van der Waals surface area (Å²) in [5.74, 6) is 0. The molecule has 0 spiro atoms. The smallest absolute Gasteiger partial charge is 0.143 e. The molecule has 0 saturated carbocycles. The zero-order valence-corrected chi connectivity index (χ0v) is 27.7. The second-order valence-corrected chi connectivity index (χ2v) is 13.0. The first kappa shape index (κ1) is 29.7. The second-order valence-electron chi connectivity index (χ2n) is 13.0. The molecular formula is C47H34N2O. The van der Waals surface area contributed by atoms with E-state index in [9.17, 15) is 0 Å². The molecule has 238 valence electrons. The van der Waals surface area contributed by atoms with Crippen LogP contribution in [0.15, 0.2) is 179 Å². The summed E-state index contributed by atoms with van der Waals surface area (Å²) in [6.07, 6.45) is 0.